The maximum Gasteiger partial charge on any atom is 0.255 e. The summed E-state index contributed by atoms with van der Waals surface area (Å²) >= 11 is 1.68. The van der Waals surface area contributed by atoms with E-state index in [1.54, 1.807) is 11.8 Å². The zero-order valence-corrected chi connectivity index (χ0v) is 15.3. The van der Waals surface area contributed by atoms with Crippen LogP contribution < -0.4 is 0 Å². The molecule has 0 bridgehead atoms. The van der Waals surface area contributed by atoms with Crippen LogP contribution in [-0.2, 0) is 11.3 Å². The number of likely N-dealkylation sites (tertiary alicyclic amines) is 1. The van der Waals surface area contributed by atoms with E-state index in [9.17, 15) is 9.90 Å². The Morgan fingerprint density at radius 3 is 2.67 bits per heavy atom. The topological polar surface area (TPSA) is 43.8 Å². The van der Waals surface area contributed by atoms with Crippen LogP contribution in [-0.4, -0.2) is 64.6 Å². The molecule has 0 aliphatic carbocycles. The van der Waals surface area contributed by atoms with Crippen molar-refractivity contribution in [2.45, 2.75) is 31.4 Å². The fraction of sp³-hybridized carbons (Fsp3) is 0.632. The molecule has 5 heteroatoms. The molecule has 2 aliphatic heterocycles. The highest BCUT2D eigenvalue weighted by atomic mass is 32.2. The van der Waals surface area contributed by atoms with Crippen molar-refractivity contribution in [2.75, 3.05) is 38.2 Å². The Morgan fingerprint density at radius 2 is 2.04 bits per heavy atom. The van der Waals surface area contributed by atoms with Gasteiger partial charge in [0, 0.05) is 31.9 Å². The minimum absolute atomic E-state index is 0.0383. The summed E-state index contributed by atoms with van der Waals surface area (Å²) in [7, 11) is 2.17. The summed E-state index contributed by atoms with van der Waals surface area (Å²) in [6.07, 6.45) is 2.68. The highest BCUT2D eigenvalue weighted by molar-refractivity contribution is 7.99. The number of thioether (sulfide) groups is 1. The van der Waals surface area contributed by atoms with Gasteiger partial charge in [0.05, 0.1) is 0 Å². The van der Waals surface area contributed by atoms with Crippen molar-refractivity contribution >= 4 is 17.7 Å². The number of hydrogen-bond acceptors (Lipinski definition) is 4. The number of carbonyl (C=O) groups is 1. The Kier molecular flexibility index (Phi) is 5.85. The summed E-state index contributed by atoms with van der Waals surface area (Å²) in [5.74, 6) is 2.05. The largest absolute Gasteiger partial charge is 0.379 e. The average Bonchev–Trinajstić information content (AvgIpc) is 3.04. The van der Waals surface area contributed by atoms with Crippen molar-refractivity contribution in [2.24, 2.45) is 5.92 Å². The van der Waals surface area contributed by atoms with Gasteiger partial charge in [0.1, 0.15) is 0 Å². The van der Waals surface area contributed by atoms with E-state index in [0.717, 1.165) is 44.8 Å². The zero-order chi connectivity index (χ0) is 17.0. The molecule has 1 amide bonds. The molecular formula is C19H28N2O2S. The predicted octanol–water partition coefficient (Wildman–Crippen LogP) is 2.22. The van der Waals surface area contributed by atoms with Gasteiger partial charge < -0.3 is 14.9 Å². The summed E-state index contributed by atoms with van der Waals surface area (Å²) < 4.78 is 0. The lowest BCUT2D eigenvalue weighted by Gasteiger charge is -2.37. The van der Waals surface area contributed by atoms with Gasteiger partial charge >= 0.3 is 0 Å². The Morgan fingerprint density at radius 1 is 1.33 bits per heavy atom. The smallest absolute Gasteiger partial charge is 0.255 e. The first-order valence-electron chi connectivity index (χ1n) is 8.89. The third kappa shape index (κ3) is 4.32. The number of carbonyl (C=O) groups excluding carboxylic acids is 1. The molecule has 2 saturated heterocycles. The number of aliphatic hydroxyl groups is 1. The molecule has 2 fully saturated rings. The fourth-order valence-corrected chi connectivity index (χ4v) is 4.97. The van der Waals surface area contributed by atoms with Crippen molar-refractivity contribution in [3.05, 3.63) is 35.9 Å². The van der Waals surface area contributed by atoms with Crippen LogP contribution in [0.4, 0.5) is 0 Å². The Labute approximate surface area is 149 Å². The molecule has 0 aromatic heterocycles. The Balaban J connectivity index is 1.44. The molecular weight excluding hydrogens is 320 g/mol. The first-order chi connectivity index (χ1) is 11.6. The molecule has 1 unspecified atom stereocenters. The van der Waals surface area contributed by atoms with E-state index in [0.29, 0.717) is 18.1 Å². The standard InChI is InChI=1S/C19H28N2O2S/c1-20(13-16-5-3-2-4-6-16)14-17-7-10-21(11-8-17)18(22)19(23)9-12-24-15-19/h2-6,17,23H,7-15H2,1H3. The third-order valence-electron chi connectivity index (χ3n) is 5.17. The van der Waals surface area contributed by atoms with Crippen molar-refractivity contribution in [1.29, 1.82) is 0 Å². The van der Waals surface area contributed by atoms with E-state index >= 15 is 0 Å². The SMILES string of the molecule is CN(Cc1ccccc1)CC1CCN(C(=O)C2(O)CCSC2)CC1. The molecule has 1 aromatic rings. The van der Waals surface area contributed by atoms with Gasteiger partial charge in [-0.25, -0.2) is 0 Å². The summed E-state index contributed by atoms with van der Waals surface area (Å²) in [5, 5.41) is 10.5. The van der Waals surface area contributed by atoms with Gasteiger partial charge in [-0.05, 0) is 43.5 Å². The molecule has 0 radical (unpaired) electrons. The molecule has 0 spiro atoms. The van der Waals surface area contributed by atoms with E-state index in [1.165, 1.54) is 5.56 Å². The minimum Gasteiger partial charge on any atom is -0.379 e. The van der Waals surface area contributed by atoms with Crippen LogP contribution in [0.5, 0.6) is 0 Å². The van der Waals surface area contributed by atoms with E-state index in [1.807, 2.05) is 11.0 Å². The maximum absolute atomic E-state index is 12.5. The second kappa shape index (κ2) is 7.89. The van der Waals surface area contributed by atoms with Gasteiger partial charge in [0.15, 0.2) is 5.60 Å². The molecule has 0 saturated carbocycles. The lowest BCUT2D eigenvalue weighted by molar-refractivity contribution is -0.150. The molecule has 1 aromatic carbocycles. The first kappa shape index (κ1) is 17.8. The first-order valence-corrected chi connectivity index (χ1v) is 10.0. The van der Waals surface area contributed by atoms with E-state index < -0.39 is 5.60 Å². The van der Waals surface area contributed by atoms with Crippen LogP contribution in [0.15, 0.2) is 30.3 Å². The fourth-order valence-electron chi connectivity index (χ4n) is 3.74. The summed E-state index contributed by atoms with van der Waals surface area (Å²) in [6.45, 7) is 3.61. The third-order valence-corrected chi connectivity index (χ3v) is 6.34. The average molecular weight is 349 g/mol. The molecule has 1 atom stereocenters. The van der Waals surface area contributed by atoms with Crippen LogP contribution in [0.2, 0.25) is 0 Å². The minimum atomic E-state index is -1.10. The van der Waals surface area contributed by atoms with Gasteiger partial charge in [-0.2, -0.15) is 11.8 Å². The summed E-state index contributed by atoms with van der Waals surface area (Å²) in [6, 6.07) is 10.5. The normalized spacial score (nSPS) is 25.4. The van der Waals surface area contributed by atoms with Gasteiger partial charge in [0.2, 0.25) is 0 Å². The highest BCUT2D eigenvalue weighted by Gasteiger charge is 2.42. The monoisotopic (exact) mass is 348 g/mol. The van der Waals surface area contributed by atoms with Crippen molar-refractivity contribution in [3.63, 3.8) is 0 Å². The van der Waals surface area contributed by atoms with Crippen LogP contribution in [0, 0.1) is 5.92 Å². The number of piperidine rings is 1. The lowest BCUT2D eigenvalue weighted by atomic mass is 9.93. The quantitative estimate of drug-likeness (QED) is 0.886. The molecule has 3 rings (SSSR count). The van der Waals surface area contributed by atoms with E-state index in [4.69, 9.17) is 0 Å². The van der Waals surface area contributed by atoms with Crippen LogP contribution >= 0.6 is 11.8 Å². The predicted molar refractivity (Wildman–Crippen MR) is 99.0 cm³/mol. The molecule has 2 heterocycles. The van der Waals surface area contributed by atoms with Crippen molar-refractivity contribution in [3.8, 4) is 0 Å². The van der Waals surface area contributed by atoms with Crippen LogP contribution in [0.3, 0.4) is 0 Å². The van der Waals surface area contributed by atoms with Gasteiger partial charge in [-0.1, -0.05) is 30.3 Å². The van der Waals surface area contributed by atoms with Crippen LogP contribution in [0.1, 0.15) is 24.8 Å². The number of nitrogens with zero attached hydrogens (tertiary/aromatic N) is 2. The number of hydrogen-bond donors (Lipinski definition) is 1. The maximum atomic E-state index is 12.5. The van der Waals surface area contributed by atoms with Gasteiger partial charge in [-0.15, -0.1) is 0 Å². The number of rotatable bonds is 5. The van der Waals surface area contributed by atoms with Crippen molar-refractivity contribution in [1.82, 2.24) is 9.80 Å². The Bertz CT molecular complexity index is 538. The van der Waals surface area contributed by atoms with Crippen LogP contribution in [0.25, 0.3) is 0 Å². The molecule has 2 aliphatic rings. The second-order valence-electron chi connectivity index (χ2n) is 7.25. The zero-order valence-electron chi connectivity index (χ0n) is 14.5. The van der Waals surface area contributed by atoms with E-state index in [-0.39, 0.29) is 5.91 Å². The molecule has 4 nitrogen and oxygen atoms in total. The van der Waals surface area contributed by atoms with Crippen molar-refractivity contribution < 1.29 is 9.90 Å². The number of amides is 1. The van der Waals surface area contributed by atoms with Gasteiger partial charge in [-0.3, -0.25) is 4.79 Å². The summed E-state index contributed by atoms with van der Waals surface area (Å²) in [5.41, 5.74) is 0.246. The molecule has 132 valence electrons. The number of benzene rings is 1. The Hall–Kier alpha value is -1.04. The lowest BCUT2D eigenvalue weighted by Crippen LogP contribution is -2.52. The summed E-state index contributed by atoms with van der Waals surface area (Å²) in [4.78, 5) is 16.8. The molecule has 1 N–H and O–H groups in total. The second-order valence-corrected chi connectivity index (χ2v) is 8.36. The highest BCUT2D eigenvalue weighted by Crippen LogP contribution is 2.31. The van der Waals surface area contributed by atoms with E-state index in [2.05, 4.69) is 36.2 Å². The molecule has 24 heavy (non-hydrogen) atoms. The van der Waals surface area contributed by atoms with Gasteiger partial charge in [0.25, 0.3) is 5.91 Å².